The third-order valence-corrected chi connectivity index (χ3v) is 3.98. The second-order valence-corrected chi connectivity index (χ2v) is 5.99. The molecule has 0 rings (SSSR count). The number of Topliss-reactive ketones (excluding diaryl/α,β-unsaturated/α-hetero) is 1. The van der Waals surface area contributed by atoms with Crippen molar-refractivity contribution < 1.29 is 9.72 Å². The fraction of sp³-hybridized carbons (Fsp3) is 0.941. The van der Waals surface area contributed by atoms with Gasteiger partial charge in [-0.3, -0.25) is 14.9 Å². The van der Waals surface area contributed by atoms with Gasteiger partial charge in [-0.05, 0) is 12.8 Å². The molecule has 0 aromatic heterocycles. The standard InChI is InChI=1S/C17H33NO3.Ca.2H/c1-3-5-7-9-10-11-13-15-17(19)16(18(20)21)14-12-8-6-4-2;;;/h16H,3-15H2,1-2H3;;;. The summed E-state index contributed by atoms with van der Waals surface area (Å²) in [6, 6.07) is -0.957. The Kier molecular flexibility index (Phi) is 19.8. The number of unbranched alkanes of at least 4 members (excludes halogenated alkanes) is 9. The van der Waals surface area contributed by atoms with E-state index in [0.717, 1.165) is 44.9 Å². The van der Waals surface area contributed by atoms with Crippen LogP contribution in [0.1, 0.15) is 97.3 Å². The first-order valence-corrected chi connectivity index (χ1v) is 8.79. The molecule has 1 unspecified atom stereocenters. The summed E-state index contributed by atoms with van der Waals surface area (Å²) in [6.07, 6.45) is 12.8. The Morgan fingerprint density at radius 2 is 1.32 bits per heavy atom. The average Bonchev–Trinajstić information content (AvgIpc) is 2.45. The second-order valence-electron chi connectivity index (χ2n) is 5.99. The summed E-state index contributed by atoms with van der Waals surface area (Å²) in [5, 5.41) is 11.0. The summed E-state index contributed by atoms with van der Waals surface area (Å²) < 4.78 is 0. The number of nitrogens with zero attached hydrogens (tertiary/aromatic N) is 1. The van der Waals surface area contributed by atoms with Crippen molar-refractivity contribution in [1.82, 2.24) is 0 Å². The van der Waals surface area contributed by atoms with Crippen LogP contribution in [0.2, 0.25) is 0 Å². The van der Waals surface area contributed by atoms with Crippen LogP contribution in [0.15, 0.2) is 0 Å². The van der Waals surface area contributed by atoms with E-state index in [9.17, 15) is 14.9 Å². The van der Waals surface area contributed by atoms with Crippen LogP contribution < -0.4 is 0 Å². The van der Waals surface area contributed by atoms with Crippen molar-refractivity contribution in [2.45, 2.75) is 103 Å². The van der Waals surface area contributed by atoms with Gasteiger partial charge in [-0.25, -0.2) is 0 Å². The number of ketones is 1. The third kappa shape index (κ3) is 14.0. The molecule has 0 aromatic rings. The molecule has 0 spiro atoms. The van der Waals surface area contributed by atoms with Gasteiger partial charge >= 0.3 is 37.7 Å². The molecule has 22 heavy (non-hydrogen) atoms. The molecule has 0 saturated heterocycles. The fourth-order valence-electron chi connectivity index (χ4n) is 2.57. The van der Waals surface area contributed by atoms with Crippen LogP contribution in [0.25, 0.3) is 0 Å². The summed E-state index contributed by atoms with van der Waals surface area (Å²) in [5.41, 5.74) is 0. The van der Waals surface area contributed by atoms with E-state index >= 15 is 0 Å². The Hall–Kier alpha value is 0.330. The van der Waals surface area contributed by atoms with Crippen LogP contribution in [0.5, 0.6) is 0 Å². The molecule has 5 heteroatoms. The molecule has 1 atom stereocenters. The first-order chi connectivity index (χ1) is 10.1. The van der Waals surface area contributed by atoms with Crippen LogP contribution >= 0.6 is 0 Å². The van der Waals surface area contributed by atoms with E-state index in [4.69, 9.17) is 0 Å². The molecule has 0 aliphatic rings. The Morgan fingerprint density at radius 1 is 0.864 bits per heavy atom. The van der Waals surface area contributed by atoms with Gasteiger partial charge in [0, 0.05) is 17.8 Å². The molecule has 0 heterocycles. The van der Waals surface area contributed by atoms with Crippen LogP contribution in [0.3, 0.4) is 0 Å². The van der Waals surface area contributed by atoms with Crippen molar-refractivity contribution in [3.8, 4) is 0 Å². The predicted molar refractivity (Wildman–Crippen MR) is 95.7 cm³/mol. The average molecular weight is 342 g/mol. The van der Waals surface area contributed by atoms with Crippen molar-refractivity contribution in [1.29, 1.82) is 0 Å². The fourth-order valence-corrected chi connectivity index (χ4v) is 2.57. The number of nitro groups is 1. The minimum absolute atomic E-state index is 0. The molecular formula is C17H35CaNO3. The predicted octanol–water partition coefficient (Wildman–Crippen LogP) is 4.40. The first kappa shape index (κ1) is 24.6. The monoisotopic (exact) mass is 341 g/mol. The summed E-state index contributed by atoms with van der Waals surface area (Å²) in [5.74, 6) is -0.162. The summed E-state index contributed by atoms with van der Waals surface area (Å²) >= 11 is 0. The molecule has 0 radical (unpaired) electrons. The molecule has 4 nitrogen and oxygen atoms in total. The molecule has 0 saturated carbocycles. The quantitative estimate of drug-likeness (QED) is 0.192. The van der Waals surface area contributed by atoms with Gasteiger partial charge in [0.05, 0.1) is 0 Å². The van der Waals surface area contributed by atoms with Crippen molar-refractivity contribution in [3.63, 3.8) is 0 Å². The van der Waals surface area contributed by atoms with Crippen molar-refractivity contribution in [3.05, 3.63) is 10.1 Å². The summed E-state index contributed by atoms with van der Waals surface area (Å²) in [7, 11) is 0. The van der Waals surface area contributed by atoms with E-state index in [0.29, 0.717) is 12.8 Å². The van der Waals surface area contributed by atoms with Gasteiger partial charge in [0.2, 0.25) is 5.78 Å². The zero-order chi connectivity index (χ0) is 15.9. The molecule has 128 valence electrons. The van der Waals surface area contributed by atoms with Crippen molar-refractivity contribution >= 4 is 43.5 Å². The Bertz CT molecular complexity index is 285. The SMILES string of the molecule is CCCCCCCCCC(=O)C(CCCCCC)[N+](=O)[O-].[CaH2]. The molecule has 0 fully saturated rings. The minimum atomic E-state index is -0.957. The zero-order valence-corrected chi connectivity index (χ0v) is 13.9. The van der Waals surface area contributed by atoms with Gasteiger partial charge < -0.3 is 0 Å². The summed E-state index contributed by atoms with van der Waals surface area (Å²) in [4.78, 5) is 22.6. The van der Waals surface area contributed by atoms with Crippen LogP contribution in [0, 0.1) is 10.1 Å². The number of carbonyl (C=O) groups is 1. The number of carbonyl (C=O) groups excluding carboxylic acids is 1. The van der Waals surface area contributed by atoms with Crippen molar-refractivity contribution in [2.24, 2.45) is 0 Å². The number of hydrogen-bond acceptors (Lipinski definition) is 3. The second kappa shape index (κ2) is 17.7. The molecular weight excluding hydrogens is 306 g/mol. The molecule has 0 aliphatic carbocycles. The molecule has 0 aromatic carbocycles. The maximum atomic E-state index is 11.9. The molecule has 0 amide bonds. The van der Waals surface area contributed by atoms with E-state index in [1.165, 1.54) is 25.7 Å². The van der Waals surface area contributed by atoms with E-state index in [1.54, 1.807) is 0 Å². The first-order valence-electron chi connectivity index (χ1n) is 8.79. The summed E-state index contributed by atoms with van der Waals surface area (Å²) in [6.45, 7) is 4.30. The maximum absolute atomic E-state index is 11.9. The normalized spacial score (nSPS) is 11.7. The third-order valence-electron chi connectivity index (χ3n) is 3.98. The van der Waals surface area contributed by atoms with Gasteiger partial charge in [-0.15, -0.1) is 0 Å². The van der Waals surface area contributed by atoms with E-state index in [1.807, 2.05) is 0 Å². The molecule has 0 bridgehead atoms. The van der Waals surface area contributed by atoms with E-state index in [-0.39, 0.29) is 48.4 Å². The van der Waals surface area contributed by atoms with Crippen molar-refractivity contribution in [2.75, 3.05) is 0 Å². The van der Waals surface area contributed by atoms with Gasteiger partial charge in [0.25, 0.3) is 6.04 Å². The van der Waals surface area contributed by atoms with Crippen LogP contribution in [-0.2, 0) is 4.79 Å². The van der Waals surface area contributed by atoms with Gasteiger partial charge in [-0.1, -0.05) is 71.6 Å². The van der Waals surface area contributed by atoms with Gasteiger partial charge in [0.15, 0.2) is 0 Å². The van der Waals surface area contributed by atoms with Crippen LogP contribution in [0.4, 0.5) is 0 Å². The van der Waals surface area contributed by atoms with E-state index < -0.39 is 6.04 Å². The van der Waals surface area contributed by atoms with Crippen LogP contribution in [-0.4, -0.2) is 54.5 Å². The zero-order valence-electron chi connectivity index (χ0n) is 13.9. The Morgan fingerprint density at radius 3 is 1.82 bits per heavy atom. The molecule has 0 N–H and O–H groups in total. The topological polar surface area (TPSA) is 60.2 Å². The Balaban J connectivity index is 0. The number of hydrogen-bond donors (Lipinski definition) is 0. The van der Waals surface area contributed by atoms with Gasteiger partial charge in [0.1, 0.15) is 0 Å². The van der Waals surface area contributed by atoms with Gasteiger partial charge in [-0.2, -0.15) is 0 Å². The Labute approximate surface area is 166 Å². The number of rotatable bonds is 15. The van der Waals surface area contributed by atoms with E-state index in [2.05, 4.69) is 13.8 Å². The molecule has 0 aliphatic heterocycles.